The summed E-state index contributed by atoms with van der Waals surface area (Å²) in [5.41, 5.74) is 1.90. The normalized spacial score (nSPS) is 10.4. The van der Waals surface area contributed by atoms with Crippen LogP contribution in [0, 0.1) is 12.7 Å². The van der Waals surface area contributed by atoms with Crippen molar-refractivity contribution in [2.45, 2.75) is 13.5 Å². The summed E-state index contributed by atoms with van der Waals surface area (Å²) in [7, 11) is 0. The molecule has 0 fully saturated rings. The molecule has 2 aromatic rings. The Bertz CT molecular complexity index is 658. The van der Waals surface area contributed by atoms with Crippen molar-refractivity contribution in [1.29, 1.82) is 0 Å². The van der Waals surface area contributed by atoms with Crippen molar-refractivity contribution in [2.24, 2.45) is 0 Å². The van der Waals surface area contributed by atoms with Gasteiger partial charge in [-0.25, -0.2) is 4.39 Å². The lowest BCUT2D eigenvalue weighted by Crippen LogP contribution is -2.24. The van der Waals surface area contributed by atoms with E-state index in [1.54, 1.807) is 18.2 Å². The Morgan fingerprint density at radius 1 is 1.15 bits per heavy atom. The van der Waals surface area contributed by atoms with Crippen molar-refractivity contribution in [3.05, 3.63) is 67.9 Å². The summed E-state index contributed by atoms with van der Waals surface area (Å²) in [5, 5.41) is 2.73. The third-order valence-electron chi connectivity index (χ3n) is 2.89. The molecule has 0 aliphatic heterocycles. The maximum absolute atomic E-state index is 13.6. The third-order valence-corrected chi connectivity index (χ3v) is 3.88. The van der Waals surface area contributed by atoms with Crippen molar-refractivity contribution in [2.75, 3.05) is 0 Å². The first-order valence-electron chi connectivity index (χ1n) is 5.95. The fourth-order valence-electron chi connectivity index (χ4n) is 1.79. The maximum Gasteiger partial charge on any atom is 0.251 e. The first kappa shape index (κ1) is 15.2. The van der Waals surface area contributed by atoms with E-state index in [1.807, 2.05) is 19.1 Å². The van der Waals surface area contributed by atoms with E-state index in [-0.39, 0.29) is 18.3 Å². The molecule has 0 atom stereocenters. The molecular weight excluding hydrogens is 389 g/mol. The van der Waals surface area contributed by atoms with Gasteiger partial charge in [0.25, 0.3) is 5.91 Å². The standard InChI is InChI=1S/C15H12Br2FNO/c1-9-2-3-12(17)7-13(9)15(20)19-8-10-6-11(16)4-5-14(10)18/h2-7H,8H2,1H3,(H,19,20). The average molecular weight is 401 g/mol. The summed E-state index contributed by atoms with van der Waals surface area (Å²) in [6, 6.07) is 10.1. The molecule has 0 radical (unpaired) electrons. The number of nitrogens with one attached hydrogen (secondary N) is 1. The summed E-state index contributed by atoms with van der Waals surface area (Å²) >= 11 is 6.62. The molecule has 0 bridgehead atoms. The van der Waals surface area contributed by atoms with Gasteiger partial charge in [0.15, 0.2) is 0 Å². The highest BCUT2D eigenvalue weighted by Gasteiger charge is 2.10. The van der Waals surface area contributed by atoms with Crippen molar-refractivity contribution < 1.29 is 9.18 Å². The van der Waals surface area contributed by atoms with Crippen molar-refractivity contribution in [1.82, 2.24) is 5.32 Å². The minimum atomic E-state index is -0.334. The zero-order valence-corrected chi connectivity index (χ0v) is 13.9. The molecule has 0 saturated carbocycles. The van der Waals surface area contributed by atoms with Crippen molar-refractivity contribution >= 4 is 37.8 Å². The second-order valence-electron chi connectivity index (χ2n) is 4.38. The average Bonchev–Trinajstić information content (AvgIpc) is 2.42. The Kier molecular flexibility index (Phi) is 4.94. The first-order chi connectivity index (χ1) is 9.47. The van der Waals surface area contributed by atoms with Crippen LogP contribution in [-0.4, -0.2) is 5.91 Å². The van der Waals surface area contributed by atoms with E-state index in [0.29, 0.717) is 11.1 Å². The van der Waals surface area contributed by atoms with Crippen molar-refractivity contribution in [3.8, 4) is 0 Å². The lowest BCUT2D eigenvalue weighted by atomic mass is 10.1. The van der Waals surface area contributed by atoms with Gasteiger partial charge in [0.2, 0.25) is 0 Å². The van der Waals surface area contributed by atoms with Gasteiger partial charge in [0.1, 0.15) is 5.82 Å². The highest BCUT2D eigenvalue weighted by atomic mass is 79.9. The summed E-state index contributed by atoms with van der Waals surface area (Å²) in [4.78, 5) is 12.1. The zero-order valence-electron chi connectivity index (χ0n) is 10.7. The molecule has 0 spiro atoms. The lowest BCUT2D eigenvalue weighted by Gasteiger charge is -2.09. The molecule has 0 aliphatic carbocycles. The Morgan fingerprint density at radius 2 is 1.80 bits per heavy atom. The summed E-state index contributed by atoms with van der Waals surface area (Å²) in [5.74, 6) is -0.553. The number of rotatable bonds is 3. The van der Waals surface area contributed by atoms with E-state index in [9.17, 15) is 9.18 Å². The fourth-order valence-corrected chi connectivity index (χ4v) is 2.56. The quantitative estimate of drug-likeness (QED) is 0.802. The van der Waals surface area contributed by atoms with Gasteiger partial charge in [0.05, 0.1) is 0 Å². The Morgan fingerprint density at radius 3 is 2.55 bits per heavy atom. The molecular formula is C15H12Br2FNO. The topological polar surface area (TPSA) is 29.1 Å². The van der Waals surface area contributed by atoms with Crippen LogP contribution in [0.25, 0.3) is 0 Å². The predicted octanol–water partition coefficient (Wildman–Crippen LogP) is 4.59. The Labute approximate surface area is 133 Å². The number of carbonyl (C=O) groups excluding carboxylic acids is 1. The number of halogens is 3. The molecule has 2 rings (SSSR count). The van der Waals surface area contributed by atoms with Gasteiger partial charge in [-0.1, -0.05) is 37.9 Å². The molecule has 0 unspecified atom stereocenters. The van der Waals surface area contributed by atoms with E-state index in [0.717, 1.165) is 14.5 Å². The van der Waals surface area contributed by atoms with Crippen molar-refractivity contribution in [3.63, 3.8) is 0 Å². The monoisotopic (exact) mass is 399 g/mol. The Balaban J connectivity index is 2.12. The molecule has 0 saturated heterocycles. The van der Waals surface area contributed by atoms with E-state index >= 15 is 0 Å². The molecule has 2 aromatic carbocycles. The molecule has 0 aliphatic rings. The van der Waals surface area contributed by atoms with E-state index < -0.39 is 0 Å². The number of benzene rings is 2. The van der Waals surface area contributed by atoms with Crippen LogP contribution in [0.4, 0.5) is 4.39 Å². The second-order valence-corrected chi connectivity index (χ2v) is 6.21. The van der Waals surface area contributed by atoms with Crippen LogP contribution < -0.4 is 5.32 Å². The SMILES string of the molecule is Cc1ccc(Br)cc1C(=O)NCc1cc(Br)ccc1F. The summed E-state index contributed by atoms with van der Waals surface area (Å²) in [6.07, 6.45) is 0. The van der Waals surface area contributed by atoms with Crippen LogP contribution in [0.1, 0.15) is 21.5 Å². The number of hydrogen-bond donors (Lipinski definition) is 1. The van der Waals surface area contributed by atoms with Gasteiger partial charge < -0.3 is 5.32 Å². The highest BCUT2D eigenvalue weighted by Crippen LogP contribution is 2.17. The maximum atomic E-state index is 13.6. The van der Waals surface area contributed by atoms with Crippen LogP contribution in [-0.2, 0) is 6.54 Å². The predicted molar refractivity (Wildman–Crippen MR) is 84.1 cm³/mol. The largest absolute Gasteiger partial charge is 0.348 e. The molecule has 1 N–H and O–H groups in total. The molecule has 5 heteroatoms. The number of carbonyl (C=O) groups is 1. The molecule has 1 amide bonds. The molecule has 0 heterocycles. The number of hydrogen-bond acceptors (Lipinski definition) is 1. The van der Waals surface area contributed by atoms with E-state index in [2.05, 4.69) is 37.2 Å². The first-order valence-corrected chi connectivity index (χ1v) is 7.54. The number of amides is 1. The van der Waals surface area contributed by atoms with E-state index in [4.69, 9.17) is 0 Å². The minimum Gasteiger partial charge on any atom is -0.348 e. The minimum absolute atomic E-state index is 0.149. The van der Waals surface area contributed by atoms with Crippen LogP contribution in [0.3, 0.4) is 0 Å². The molecule has 104 valence electrons. The molecule has 2 nitrogen and oxygen atoms in total. The summed E-state index contributed by atoms with van der Waals surface area (Å²) < 4.78 is 15.2. The van der Waals surface area contributed by atoms with Gasteiger partial charge in [-0.2, -0.15) is 0 Å². The van der Waals surface area contributed by atoms with Crippen LogP contribution in [0.5, 0.6) is 0 Å². The van der Waals surface area contributed by atoms with E-state index in [1.165, 1.54) is 6.07 Å². The second kappa shape index (κ2) is 6.50. The summed E-state index contributed by atoms with van der Waals surface area (Å²) in [6.45, 7) is 2.01. The van der Waals surface area contributed by atoms with Gasteiger partial charge in [-0.15, -0.1) is 0 Å². The van der Waals surface area contributed by atoms with Crippen LogP contribution in [0.2, 0.25) is 0 Å². The van der Waals surface area contributed by atoms with Crippen LogP contribution >= 0.6 is 31.9 Å². The van der Waals surface area contributed by atoms with Gasteiger partial charge in [-0.3, -0.25) is 4.79 Å². The van der Waals surface area contributed by atoms with Gasteiger partial charge in [0, 0.05) is 26.6 Å². The zero-order chi connectivity index (χ0) is 14.7. The van der Waals surface area contributed by atoms with Crippen LogP contribution in [0.15, 0.2) is 45.3 Å². The van der Waals surface area contributed by atoms with Gasteiger partial charge >= 0.3 is 0 Å². The molecule has 20 heavy (non-hydrogen) atoms. The highest BCUT2D eigenvalue weighted by molar-refractivity contribution is 9.10. The Hall–Kier alpha value is -1.20. The molecule has 0 aromatic heterocycles. The lowest BCUT2D eigenvalue weighted by molar-refractivity contribution is 0.0950. The number of aryl methyl sites for hydroxylation is 1. The fraction of sp³-hybridized carbons (Fsp3) is 0.133. The smallest absolute Gasteiger partial charge is 0.251 e. The van der Waals surface area contributed by atoms with Gasteiger partial charge in [-0.05, 0) is 42.8 Å². The third kappa shape index (κ3) is 3.67.